The summed E-state index contributed by atoms with van der Waals surface area (Å²) in [6.07, 6.45) is 0. The van der Waals surface area contributed by atoms with Crippen molar-refractivity contribution in [3.8, 4) is 11.5 Å². The number of hydrogen-bond donors (Lipinski definition) is 1. The highest BCUT2D eigenvalue weighted by Crippen LogP contribution is 2.27. The number of amides is 1. The van der Waals surface area contributed by atoms with Crippen LogP contribution in [0.3, 0.4) is 0 Å². The third-order valence-electron chi connectivity index (χ3n) is 2.68. The number of carbonyl (C=O) groups is 1. The average Bonchev–Trinajstić information content (AvgIpc) is 2.47. The smallest absolute Gasteiger partial charge is 0.251 e. The molecule has 0 saturated heterocycles. The Hall–Kier alpha value is -1.94. The Kier molecular flexibility index (Phi) is 5.07. The molecule has 0 atom stereocenters. The fourth-order valence-electron chi connectivity index (χ4n) is 1.78. The van der Waals surface area contributed by atoms with Gasteiger partial charge in [-0.25, -0.2) is 0 Å². The minimum Gasteiger partial charge on any atom is -0.457 e. The van der Waals surface area contributed by atoms with Crippen molar-refractivity contribution in [2.45, 2.75) is 11.8 Å². The van der Waals surface area contributed by atoms with E-state index < -0.39 is 0 Å². The summed E-state index contributed by atoms with van der Waals surface area (Å²) in [5, 5.41) is 2.60. The number of thioether (sulfide) groups is 1. The van der Waals surface area contributed by atoms with E-state index in [1.54, 1.807) is 30.9 Å². The van der Waals surface area contributed by atoms with Crippen LogP contribution in [0.25, 0.3) is 0 Å². The fraction of sp³-hybridized carbons (Fsp3) is 0.188. The van der Waals surface area contributed by atoms with Gasteiger partial charge in [0.25, 0.3) is 5.91 Å². The van der Waals surface area contributed by atoms with Crippen LogP contribution in [0.4, 0.5) is 0 Å². The van der Waals surface area contributed by atoms with Gasteiger partial charge < -0.3 is 10.1 Å². The van der Waals surface area contributed by atoms with Gasteiger partial charge in [-0.2, -0.15) is 0 Å². The minimum absolute atomic E-state index is 0.120. The van der Waals surface area contributed by atoms with Crippen LogP contribution in [0, 0.1) is 0 Å². The molecule has 0 spiro atoms. The van der Waals surface area contributed by atoms with Crippen molar-refractivity contribution >= 4 is 17.7 Å². The molecule has 2 rings (SSSR count). The topological polar surface area (TPSA) is 38.3 Å². The van der Waals surface area contributed by atoms with Crippen LogP contribution in [0.1, 0.15) is 17.3 Å². The second-order valence-electron chi connectivity index (χ2n) is 4.12. The summed E-state index contributed by atoms with van der Waals surface area (Å²) < 4.78 is 5.81. The normalized spacial score (nSPS) is 10.1. The molecule has 0 saturated carbocycles. The number of hydrogen-bond acceptors (Lipinski definition) is 3. The van der Waals surface area contributed by atoms with E-state index in [9.17, 15) is 4.79 Å². The molecule has 3 nitrogen and oxygen atoms in total. The van der Waals surface area contributed by atoms with Gasteiger partial charge in [-0.3, -0.25) is 4.79 Å². The molecule has 1 amide bonds. The molecule has 4 heteroatoms. The maximum absolute atomic E-state index is 11.6. The van der Waals surface area contributed by atoms with Gasteiger partial charge in [-0.05, 0) is 42.2 Å². The van der Waals surface area contributed by atoms with E-state index >= 15 is 0 Å². The van der Waals surface area contributed by atoms with Crippen LogP contribution < -0.4 is 10.1 Å². The Morgan fingerprint density at radius 2 is 1.85 bits per heavy atom. The highest BCUT2D eigenvalue weighted by molar-refractivity contribution is 7.99. The second kappa shape index (κ2) is 7.01. The van der Waals surface area contributed by atoms with Gasteiger partial charge in [0.15, 0.2) is 0 Å². The van der Waals surface area contributed by atoms with Crippen molar-refractivity contribution in [1.82, 2.24) is 5.32 Å². The van der Waals surface area contributed by atoms with Gasteiger partial charge in [-0.15, -0.1) is 11.8 Å². The molecule has 104 valence electrons. The van der Waals surface area contributed by atoms with E-state index in [2.05, 4.69) is 18.3 Å². The highest BCUT2D eigenvalue weighted by Gasteiger charge is 2.05. The first kappa shape index (κ1) is 14.5. The number of benzene rings is 2. The van der Waals surface area contributed by atoms with E-state index in [-0.39, 0.29) is 5.91 Å². The maximum atomic E-state index is 11.6. The van der Waals surface area contributed by atoms with E-state index in [1.807, 2.05) is 30.3 Å². The first-order valence-electron chi connectivity index (χ1n) is 6.46. The molecule has 1 N–H and O–H groups in total. The maximum Gasteiger partial charge on any atom is 0.251 e. The van der Waals surface area contributed by atoms with Gasteiger partial charge in [-0.1, -0.05) is 19.1 Å². The number of nitrogens with one attached hydrogen (secondary N) is 1. The van der Waals surface area contributed by atoms with Crippen LogP contribution in [-0.4, -0.2) is 18.7 Å². The summed E-state index contributed by atoms with van der Waals surface area (Å²) in [5.41, 5.74) is 0.587. The van der Waals surface area contributed by atoms with Crippen LogP contribution >= 0.6 is 11.8 Å². The molecule has 0 aliphatic carbocycles. The quantitative estimate of drug-likeness (QED) is 0.846. The summed E-state index contributed by atoms with van der Waals surface area (Å²) in [4.78, 5) is 12.8. The molecular weight excluding hydrogens is 270 g/mol. The molecule has 0 fully saturated rings. The molecular formula is C16H17NO2S. The molecule has 0 radical (unpaired) electrons. The Bertz CT molecular complexity index is 599. The molecule has 0 aliphatic heterocycles. The summed E-state index contributed by atoms with van der Waals surface area (Å²) in [7, 11) is 1.61. The third-order valence-corrected chi connectivity index (χ3v) is 3.55. The van der Waals surface area contributed by atoms with Crippen LogP contribution in [0.15, 0.2) is 53.4 Å². The Morgan fingerprint density at radius 1 is 1.15 bits per heavy atom. The molecule has 0 aliphatic rings. The lowest BCUT2D eigenvalue weighted by Gasteiger charge is -2.08. The first-order valence-corrected chi connectivity index (χ1v) is 7.44. The molecule has 0 unspecified atom stereocenters. The molecule has 20 heavy (non-hydrogen) atoms. The van der Waals surface area contributed by atoms with Crippen molar-refractivity contribution < 1.29 is 9.53 Å². The molecule has 0 aromatic heterocycles. The van der Waals surface area contributed by atoms with E-state index in [1.165, 1.54) is 4.90 Å². The van der Waals surface area contributed by atoms with Gasteiger partial charge in [0.2, 0.25) is 0 Å². The lowest BCUT2D eigenvalue weighted by Crippen LogP contribution is -2.17. The Labute approximate surface area is 123 Å². The summed E-state index contributed by atoms with van der Waals surface area (Å²) >= 11 is 1.77. The zero-order valence-corrected chi connectivity index (χ0v) is 12.4. The van der Waals surface area contributed by atoms with Crippen LogP contribution in [-0.2, 0) is 0 Å². The van der Waals surface area contributed by atoms with Crippen molar-refractivity contribution in [2.24, 2.45) is 0 Å². The monoisotopic (exact) mass is 287 g/mol. The Balaban J connectivity index is 2.17. The van der Waals surface area contributed by atoms with Gasteiger partial charge in [0.05, 0.1) is 0 Å². The predicted octanol–water partition coefficient (Wildman–Crippen LogP) is 3.95. The minimum atomic E-state index is -0.120. The standard InChI is InChI=1S/C16H17NO2S/c1-3-20-15-9-5-8-14(11-15)19-13-7-4-6-12(10-13)16(18)17-2/h4-11H,3H2,1-2H3,(H,17,18). The van der Waals surface area contributed by atoms with Crippen molar-refractivity contribution in [1.29, 1.82) is 0 Å². The second-order valence-corrected chi connectivity index (χ2v) is 5.45. The number of carbonyl (C=O) groups excluding carboxylic acids is 1. The molecule has 2 aromatic carbocycles. The average molecular weight is 287 g/mol. The molecule has 0 heterocycles. The number of rotatable bonds is 5. The third kappa shape index (κ3) is 3.78. The zero-order valence-electron chi connectivity index (χ0n) is 11.6. The zero-order chi connectivity index (χ0) is 14.4. The SMILES string of the molecule is CCSc1cccc(Oc2cccc(C(=O)NC)c2)c1. The number of ether oxygens (including phenoxy) is 1. The molecule has 2 aromatic rings. The summed E-state index contributed by atoms with van der Waals surface area (Å²) in [5.74, 6) is 2.34. The summed E-state index contributed by atoms with van der Waals surface area (Å²) in [6, 6.07) is 15.1. The lowest BCUT2D eigenvalue weighted by molar-refractivity contribution is 0.0963. The fourth-order valence-corrected chi connectivity index (χ4v) is 2.48. The van der Waals surface area contributed by atoms with Crippen LogP contribution in [0.5, 0.6) is 11.5 Å². The molecule has 0 bridgehead atoms. The largest absolute Gasteiger partial charge is 0.457 e. The van der Waals surface area contributed by atoms with E-state index in [0.29, 0.717) is 11.3 Å². The van der Waals surface area contributed by atoms with Crippen LogP contribution in [0.2, 0.25) is 0 Å². The van der Waals surface area contributed by atoms with E-state index in [4.69, 9.17) is 4.74 Å². The Morgan fingerprint density at radius 3 is 2.55 bits per heavy atom. The first-order chi connectivity index (χ1) is 9.72. The van der Waals surface area contributed by atoms with Crippen molar-refractivity contribution in [3.63, 3.8) is 0 Å². The van der Waals surface area contributed by atoms with Crippen molar-refractivity contribution in [2.75, 3.05) is 12.8 Å². The van der Waals surface area contributed by atoms with Crippen molar-refractivity contribution in [3.05, 3.63) is 54.1 Å². The van der Waals surface area contributed by atoms with E-state index in [0.717, 1.165) is 11.5 Å². The lowest BCUT2D eigenvalue weighted by atomic mass is 10.2. The predicted molar refractivity (Wildman–Crippen MR) is 82.7 cm³/mol. The van der Waals surface area contributed by atoms with Gasteiger partial charge in [0, 0.05) is 17.5 Å². The highest BCUT2D eigenvalue weighted by atomic mass is 32.2. The van der Waals surface area contributed by atoms with Gasteiger partial charge in [0.1, 0.15) is 11.5 Å². The van der Waals surface area contributed by atoms with Gasteiger partial charge >= 0.3 is 0 Å². The summed E-state index contributed by atoms with van der Waals surface area (Å²) in [6.45, 7) is 2.12.